The lowest BCUT2D eigenvalue weighted by atomic mass is 9.86. The SMILES string of the molecule is CCCCC1(O)CCN(C(=O)C(c2ccccc2)n2ccc3[nH][nH]c(=O)c3c2=S)CC1. The quantitative estimate of drug-likeness (QED) is 0.511. The van der Waals surface area contributed by atoms with E-state index in [1.165, 1.54) is 0 Å². The summed E-state index contributed by atoms with van der Waals surface area (Å²) in [6, 6.07) is 10.6. The first kappa shape index (κ1) is 21.5. The van der Waals surface area contributed by atoms with Gasteiger partial charge >= 0.3 is 0 Å². The lowest BCUT2D eigenvalue weighted by Gasteiger charge is -2.39. The maximum Gasteiger partial charge on any atom is 0.274 e. The lowest BCUT2D eigenvalue weighted by Crippen LogP contribution is -2.48. The molecule has 4 rings (SSSR count). The molecule has 3 aromatic rings. The van der Waals surface area contributed by atoms with Crippen LogP contribution >= 0.6 is 12.2 Å². The number of benzene rings is 1. The van der Waals surface area contributed by atoms with E-state index in [1.807, 2.05) is 35.2 Å². The summed E-state index contributed by atoms with van der Waals surface area (Å²) >= 11 is 5.63. The summed E-state index contributed by atoms with van der Waals surface area (Å²) in [5.41, 5.74) is 0.432. The maximum atomic E-state index is 13.7. The second-order valence-corrected chi connectivity index (χ2v) is 8.75. The first-order chi connectivity index (χ1) is 14.9. The Labute approximate surface area is 185 Å². The van der Waals surface area contributed by atoms with E-state index in [4.69, 9.17) is 12.2 Å². The molecule has 0 saturated carbocycles. The number of rotatable bonds is 6. The number of H-pyrrole nitrogens is 2. The third kappa shape index (κ3) is 4.22. The summed E-state index contributed by atoms with van der Waals surface area (Å²) in [6.07, 6.45) is 5.69. The van der Waals surface area contributed by atoms with Crippen LogP contribution in [0.15, 0.2) is 47.4 Å². The van der Waals surface area contributed by atoms with Crippen molar-refractivity contribution in [2.75, 3.05) is 13.1 Å². The molecule has 1 aliphatic rings. The van der Waals surface area contributed by atoms with E-state index < -0.39 is 11.6 Å². The summed E-state index contributed by atoms with van der Waals surface area (Å²) in [4.78, 5) is 27.8. The zero-order valence-corrected chi connectivity index (χ0v) is 18.5. The Kier molecular flexibility index (Phi) is 6.11. The fourth-order valence-corrected chi connectivity index (χ4v) is 4.76. The largest absolute Gasteiger partial charge is 0.390 e. The minimum absolute atomic E-state index is 0.0776. The summed E-state index contributed by atoms with van der Waals surface area (Å²) in [6.45, 7) is 3.12. The van der Waals surface area contributed by atoms with Gasteiger partial charge in [-0.3, -0.25) is 19.8 Å². The van der Waals surface area contributed by atoms with Crippen LogP contribution in [0.4, 0.5) is 0 Å². The number of carbonyl (C=O) groups is 1. The van der Waals surface area contributed by atoms with E-state index in [0.29, 0.717) is 41.5 Å². The number of piperidine rings is 1. The van der Waals surface area contributed by atoms with Gasteiger partial charge in [-0.15, -0.1) is 0 Å². The normalized spacial score (nSPS) is 17.0. The Morgan fingerprint density at radius 1 is 1.19 bits per heavy atom. The molecule has 1 aromatic carbocycles. The van der Waals surface area contributed by atoms with Crippen LogP contribution in [0.25, 0.3) is 10.9 Å². The smallest absolute Gasteiger partial charge is 0.274 e. The molecule has 1 fully saturated rings. The van der Waals surface area contributed by atoms with Crippen molar-refractivity contribution in [1.82, 2.24) is 19.7 Å². The van der Waals surface area contributed by atoms with E-state index in [2.05, 4.69) is 17.1 Å². The molecule has 0 aliphatic carbocycles. The summed E-state index contributed by atoms with van der Waals surface area (Å²) in [5.74, 6) is -0.0776. The number of nitrogens with one attached hydrogen (secondary N) is 2. The Hall–Kier alpha value is -2.71. The molecule has 2 aromatic heterocycles. The first-order valence-electron chi connectivity index (χ1n) is 10.8. The Bertz CT molecular complexity index is 1170. The van der Waals surface area contributed by atoms with Crippen molar-refractivity contribution in [2.45, 2.75) is 50.7 Å². The van der Waals surface area contributed by atoms with E-state index in [-0.39, 0.29) is 11.5 Å². The van der Waals surface area contributed by atoms with Crippen LogP contribution in [0.1, 0.15) is 50.6 Å². The molecule has 1 amide bonds. The van der Waals surface area contributed by atoms with Gasteiger partial charge in [0.1, 0.15) is 16.1 Å². The highest BCUT2D eigenvalue weighted by atomic mass is 32.1. The highest BCUT2D eigenvalue weighted by Crippen LogP contribution is 2.30. The zero-order valence-electron chi connectivity index (χ0n) is 17.6. The zero-order chi connectivity index (χ0) is 22.0. The number of nitrogens with zero attached hydrogens (tertiary/aromatic N) is 2. The van der Waals surface area contributed by atoms with Crippen LogP contribution in [0.3, 0.4) is 0 Å². The monoisotopic (exact) mass is 440 g/mol. The van der Waals surface area contributed by atoms with Crippen molar-refractivity contribution >= 4 is 29.0 Å². The number of carbonyl (C=O) groups excluding carboxylic acids is 1. The summed E-state index contributed by atoms with van der Waals surface area (Å²) in [5, 5.41) is 16.6. The van der Waals surface area contributed by atoms with E-state index in [0.717, 1.165) is 24.8 Å². The number of unbranched alkanes of at least 4 members (excludes halogenated alkanes) is 1. The van der Waals surface area contributed by atoms with Crippen LogP contribution in [0.5, 0.6) is 0 Å². The third-order valence-electron chi connectivity index (χ3n) is 6.29. The van der Waals surface area contributed by atoms with Crippen molar-refractivity contribution in [2.24, 2.45) is 0 Å². The second kappa shape index (κ2) is 8.80. The second-order valence-electron chi connectivity index (χ2n) is 8.36. The van der Waals surface area contributed by atoms with Crippen molar-refractivity contribution < 1.29 is 9.90 Å². The molecule has 3 heterocycles. The average molecular weight is 441 g/mol. The lowest BCUT2D eigenvalue weighted by molar-refractivity contribution is -0.138. The summed E-state index contributed by atoms with van der Waals surface area (Å²) < 4.78 is 2.02. The molecule has 1 saturated heterocycles. The number of amides is 1. The maximum absolute atomic E-state index is 13.7. The Morgan fingerprint density at radius 2 is 1.90 bits per heavy atom. The van der Waals surface area contributed by atoms with Gasteiger partial charge in [0.25, 0.3) is 5.56 Å². The van der Waals surface area contributed by atoms with Crippen LogP contribution in [0, 0.1) is 4.64 Å². The number of likely N-dealkylation sites (tertiary alicyclic amines) is 1. The van der Waals surface area contributed by atoms with Crippen molar-refractivity contribution in [3.05, 3.63) is 63.2 Å². The van der Waals surface area contributed by atoms with E-state index in [1.54, 1.807) is 16.8 Å². The van der Waals surface area contributed by atoms with Gasteiger partial charge in [-0.1, -0.05) is 62.3 Å². The van der Waals surface area contributed by atoms with Crippen LogP contribution < -0.4 is 5.56 Å². The molecule has 1 aliphatic heterocycles. The molecule has 1 atom stereocenters. The molecule has 164 valence electrons. The fraction of sp³-hybridized carbons (Fsp3) is 0.435. The van der Waals surface area contributed by atoms with Gasteiger partial charge in [0, 0.05) is 19.3 Å². The highest BCUT2D eigenvalue weighted by molar-refractivity contribution is 7.71. The fourth-order valence-electron chi connectivity index (χ4n) is 4.39. The molecule has 7 nitrogen and oxygen atoms in total. The minimum Gasteiger partial charge on any atom is -0.390 e. The number of aromatic nitrogens is 3. The van der Waals surface area contributed by atoms with Crippen molar-refractivity contribution in [1.29, 1.82) is 0 Å². The summed E-state index contributed by atoms with van der Waals surface area (Å²) in [7, 11) is 0. The molecule has 31 heavy (non-hydrogen) atoms. The van der Waals surface area contributed by atoms with Gasteiger partial charge in [-0.2, -0.15) is 0 Å². The van der Waals surface area contributed by atoms with E-state index >= 15 is 0 Å². The number of hydrogen-bond acceptors (Lipinski definition) is 4. The number of fused-ring (bicyclic) bond motifs is 1. The molecule has 0 radical (unpaired) electrons. The van der Waals surface area contributed by atoms with Gasteiger partial charge in [0.15, 0.2) is 0 Å². The molecule has 0 bridgehead atoms. The molecule has 1 unspecified atom stereocenters. The number of hydrogen-bond donors (Lipinski definition) is 3. The van der Waals surface area contributed by atoms with Gasteiger partial charge in [-0.05, 0) is 30.9 Å². The first-order valence-corrected chi connectivity index (χ1v) is 11.2. The highest BCUT2D eigenvalue weighted by Gasteiger charge is 2.36. The topological polar surface area (TPSA) is 94.1 Å². The van der Waals surface area contributed by atoms with Crippen LogP contribution in [0.2, 0.25) is 0 Å². The van der Waals surface area contributed by atoms with E-state index in [9.17, 15) is 14.7 Å². The van der Waals surface area contributed by atoms with Crippen molar-refractivity contribution in [3.63, 3.8) is 0 Å². The minimum atomic E-state index is -0.692. The van der Waals surface area contributed by atoms with Gasteiger partial charge in [0.05, 0.1) is 11.1 Å². The van der Waals surface area contributed by atoms with Gasteiger partial charge in [-0.25, -0.2) is 0 Å². The molecule has 0 spiro atoms. The predicted molar refractivity (Wildman–Crippen MR) is 123 cm³/mol. The number of aromatic amines is 2. The Morgan fingerprint density at radius 3 is 2.58 bits per heavy atom. The van der Waals surface area contributed by atoms with Crippen molar-refractivity contribution in [3.8, 4) is 0 Å². The average Bonchev–Trinajstić information content (AvgIpc) is 3.17. The number of pyridine rings is 1. The van der Waals surface area contributed by atoms with Gasteiger partial charge < -0.3 is 14.6 Å². The van der Waals surface area contributed by atoms with Crippen LogP contribution in [-0.2, 0) is 4.79 Å². The molecule has 8 heteroatoms. The molecule has 3 N–H and O–H groups in total. The molecular formula is C23H28N4O3S. The van der Waals surface area contributed by atoms with Gasteiger partial charge in [0.2, 0.25) is 5.91 Å². The number of aliphatic hydroxyl groups is 1. The standard InChI is InChI=1S/C23H28N4O3S/c1-2-3-10-23(30)11-14-26(15-12-23)21(29)19(16-7-5-4-6-8-16)27-13-9-17-18(22(27)31)20(28)25-24-17/h4-9,13,19,30H,2-3,10-12,14-15H2,1H3,(H2,24,25,28). The predicted octanol–water partition coefficient (Wildman–Crippen LogP) is 3.52. The Balaban J connectivity index is 1.69. The molecular weight excluding hydrogens is 412 g/mol. The van der Waals surface area contributed by atoms with Crippen LogP contribution in [-0.4, -0.2) is 49.4 Å². The third-order valence-corrected chi connectivity index (χ3v) is 6.70.